The van der Waals surface area contributed by atoms with Gasteiger partial charge in [0.1, 0.15) is 11.5 Å². The number of carbonyl (C=O) groups excluding carboxylic acids is 2. The molecule has 1 fully saturated rings. The summed E-state index contributed by atoms with van der Waals surface area (Å²) in [5, 5.41) is 11.3. The van der Waals surface area contributed by atoms with Crippen molar-refractivity contribution in [3.63, 3.8) is 0 Å². The molecule has 0 radical (unpaired) electrons. The van der Waals surface area contributed by atoms with Crippen molar-refractivity contribution in [1.82, 2.24) is 0 Å². The van der Waals surface area contributed by atoms with Gasteiger partial charge in [-0.05, 0) is 42.0 Å². The van der Waals surface area contributed by atoms with Crippen LogP contribution in [-0.4, -0.2) is 23.4 Å². The highest BCUT2D eigenvalue weighted by Crippen LogP contribution is 2.43. The Hall–Kier alpha value is -3.86. The van der Waals surface area contributed by atoms with Crippen LogP contribution in [0.25, 0.3) is 5.76 Å². The minimum absolute atomic E-state index is 0.0484. The SMILES string of the molecule is CCCOc1cccc(N2C(=O)C(=O)/C(=C(/O)c3ccc(C)cc3)C2c2ccc(C(C)(C)C)cc2)c1. The normalized spacial score (nSPS) is 17.5. The number of carbonyl (C=O) groups is 2. The van der Waals surface area contributed by atoms with Crippen molar-refractivity contribution in [3.05, 3.63) is 101 Å². The lowest BCUT2D eigenvalue weighted by Crippen LogP contribution is -2.29. The van der Waals surface area contributed by atoms with Crippen LogP contribution in [0.3, 0.4) is 0 Å². The first-order chi connectivity index (χ1) is 17.1. The van der Waals surface area contributed by atoms with E-state index in [1.807, 2.05) is 56.3 Å². The molecule has 0 spiro atoms. The van der Waals surface area contributed by atoms with Crippen molar-refractivity contribution in [1.29, 1.82) is 0 Å². The number of ether oxygens (including phenoxy) is 1. The second-order valence-electron chi connectivity index (χ2n) is 10.3. The average molecular weight is 484 g/mol. The number of aryl methyl sites for hydroxylation is 1. The van der Waals surface area contributed by atoms with Gasteiger partial charge in [0.2, 0.25) is 0 Å². The zero-order valence-electron chi connectivity index (χ0n) is 21.5. The molecule has 1 aliphatic rings. The van der Waals surface area contributed by atoms with Gasteiger partial charge in [0.15, 0.2) is 0 Å². The van der Waals surface area contributed by atoms with E-state index in [0.29, 0.717) is 23.6 Å². The second kappa shape index (κ2) is 10.0. The fourth-order valence-corrected chi connectivity index (χ4v) is 4.39. The lowest BCUT2D eigenvalue weighted by atomic mass is 9.85. The van der Waals surface area contributed by atoms with Crippen LogP contribution in [0.5, 0.6) is 5.75 Å². The van der Waals surface area contributed by atoms with Crippen LogP contribution in [0.4, 0.5) is 5.69 Å². The predicted molar refractivity (Wildman–Crippen MR) is 143 cm³/mol. The van der Waals surface area contributed by atoms with E-state index >= 15 is 0 Å². The van der Waals surface area contributed by atoms with Gasteiger partial charge in [0, 0.05) is 17.3 Å². The van der Waals surface area contributed by atoms with Gasteiger partial charge in [-0.1, -0.05) is 87.9 Å². The summed E-state index contributed by atoms with van der Waals surface area (Å²) in [7, 11) is 0. The van der Waals surface area contributed by atoms with E-state index in [-0.39, 0.29) is 16.7 Å². The number of anilines is 1. The molecule has 1 N–H and O–H groups in total. The van der Waals surface area contributed by atoms with E-state index in [1.165, 1.54) is 4.90 Å². The number of rotatable bonds is 6. The highest BCUT2D eigenvalue weighted by Gasteiger charge is 2.47. The lowest BCUT2D eigenvalue weighted by molar-refractivity contribution is -0.132. The molecule has 186 valence electrons. The Balaban J connectivity index is 1.89. The maximum atomic E-state index is 13.4. The fraction of sp³-hybridized carbons (Fsp3) is 0.290. The van der Waals surface area contributed by atoms with E-state index in [1.54, 1.807) is 30.3 Å². The van der Waals surface area contributed by atoms with Gasteiger partial charge in [0.05, 0.1) is 18.2 Å². The molecular formula is C31H33NO4. The molecule has 1 heterocycles. The Morgan fingerprint density at radius 1 is 0.972 bits per heavy atom. The number of ketones is 1. The Kier molecular flexibility index (Phi) is 7.02. The highest BCUT2D eigenvalue weighted by molar-refractivity contribution is 6.51. The molecule has 0 bridgehead atoms. The Morgan fingerprint density at radius 3 is 2.25 bits per heavy atom. The number of benzene rings is 3. The summed E-state index contributed by atoms with van der Waals surface area (Å²) < 4.78 is 5.78. The molecular weight excluding hydrogens is 450 g/mol. The summed E-state index contributed by atoms with van der Waals surface area (Å²) in [4.78, 5) is 28.3. The van der Waals surface area contributed by atoms with Crippen molar-refractivity contribution in [2.24, 2.45) is 0 Å². The van der Waals surface area contributed by atoms with Gasteiger partial charge < -0.3 is 9.84 Å². The van der Waals surface area contributed by atoms with Gasteiger partial charge in [-0.15, -0.1) is 0 Å². The molecule has 1 atom stereocenters. The molecule has 5 nitrogen and oxygen atoms in total. The molecule has 0 aliphatic carbocycles. The minimum atomic E-state index is -0.776. The monoisotopic (exact) mass is 483 g/mol. The number of hydrogen-bond acceptors (Lipinski definition) is 4. The molecule has 3 aromatic rings. The van der Waals surface area contributed by atoms with E-state index < -0.39 is 17.7 Å². The summed E-state index contributed by atoms with van der Waals surface area (Å²) in [6.07, 6.45) is 0.853. The number of amides is 1. The fourth-order valence-electron chi connectivity index (χ4n) is 4.39. The average Bonchev–Trinajstić information content (AvgIpc) is 3.13. The van der Waals surface area contributed by atoms with Crippen molar-refractivity contribution in [3.8, 4) is 5.75 Å². The highest BCUT2D eigenvalue weighted by atomic mass is 16.5. The summed E-state index contributed by atoms with van der Waals surface area (Å²) in [6, 6.07) is 21.6. The van der Waals surface area contributed by atoms with Crippen LogP contribution >= 0.6 is 0 Å². The summed E-state index contributed by atoms with van der Waals surface area (Å²) in [6.45, 7) is 10.9. The van der Waals surface area contributed by atoms with Gasteiger partial charge in [-0.25, -0.2) is 0 Å². The van der Waals surface area contributed by atoms with Crippen LogP contribution in [0.15, 0.2) is 78.4 Å². The van der Waals surface area contributed by atoms with Crippen molar-refractivity contribution < 1.29 is 19.4 Å². The third-order valence-corrected chi connectivity index (χ3v) is 6.43. The molecule has 3 aromatic carbocycles. The van der Waals surface area contributed by atoms with E-state index in [9.17, 15) is 14.7 Å². The molecule has 4 rings (SSSR count). The minimum Gasteiger partial charge on any atom is -0.507 e. The maximum absolute atomic E-state index is 13.4. The molecule has 5 heteroatoms. The van der Waals surface area contributed by atoms with Crippen LogP contribution < -0.4 is 9.64 Å². The lowest BCUT2D eigenvalue weighted by Gasteiger charge is -2.27. The Bertz CT molecular complexity index is 1300. The number of aliphatic hydroxyl groups excluding tert-OH is 1. The molecule has 1 amide bonds. The van der Waals surface area contributed by atoms with E-state index in [0.717, 1.165) is 23.1 Å². The van der Waals surface area contributed by atoms with Gasteiger partial charge in [-0.2, -0.15) is 0 Å². The number of Topliss-reactive ketones (excluding diaryl/α,β-unsaturated/α-hetero) is 1. The van der Waals surface area contributed by atoms with E-state index in [4.69, 9.17) is 4.74 Å². The van der Waals surface area contributed by atoms with E-state index in [2.05, 4.69) is 20.8 Å². The van der Waals surface area contributed by atoms with Crippen LogP contribution in [0.1, 0.15) is 62.4 Å². The number of aliphatic hydroxyl groups is 1. The molecule has 1 unspecified atom stereocenters. The van der Waals surface area contributed by atoms with Crippen LogP contribution in [0, 0.1) is 6.92 Å². The molecule has 36 heavy (non-hydrogen) atoms. The number of nitrogens with zero attached hydrogens (tertiary/aromatic N) is 1. The second-order valence-corrected chi connectivity index (χ2v) is 10.3. The van der Waals surface area contributed by atoms with Crippen molar-refractivity contribution in [2.45, 2.75) is 52.5 Å². The first-order valence-electron chi connectivity index (χ1n) is 12.3. The first-order valence-corrected chi connectivity index (χ1v) is 12.3. The molecule has 0 aromatic heterocycles. The molecule has 1 aliphatic heterocycles. The van der Waals surface area contributed by atoms with Crippen LogP contribution in [-0.2, 0) is 15.0 Å². The summed E-state index contributed by atoms with van der Waals surface area (Å²) >= 11 is 0. The summed E-state index contributed by atoms with van der Waals surface area (Å²) in [5.41, 5.74) is 3.98. The largest absolute Gasteiger partial charge is 0.507 e. The third kappa shape index (κ3) is 4.92. The smallest absolute Gasteiger partial charge is 0.300 e. The predicted octanol–water partition coefficient (Wildman–Crippen LogP) is 6.71. The van der Waals surface area contributed by atoms with Crippen molar-refractivity contribution >= 4 is 23.1 Å². The quantitative estimate of drug-likeness (QED) is 0.240. The van der Waals surface area contributed by atoms with Gasteiger partial charge in [-0.3, -0.25) is 14.5 Å². The Labute approximate surface area is 213 Å². The Morgan fingerprint density at radius 2 is 1.64 bits per heavy atom. The number of hydrogen-bond donors (Lipinski definition) is 1. The van der Waals surface area contributed by atoms with Crippen molar-refractivity contribution in [2.75, 3.05) is 11.5 Å². The molecule has 1 saturated heterocycles. The van der Waals surface area contributed by atoms with Gasteiger partial charge in [0.25, 0.3) is 11.7 Å². The topological polar surface area (TPSA) is 66.8 Å². The zero-order chi connectivity index (χ0) is 26.0. The zero-order valence-corrected chi connectivity index (χ0v) is 21.5. The van der Waals surface area contributed by atoms with Crippen LogP contribution in [0.2, 0.25) is 0 Å². The first kappa shape index (κ1) is 25.2. The third-order valence-electron chi connectivity index (χ3n) is 6.43. The summed E-state index contributed by atoms with van der Waals surface area (Å²) in [5.74, 6) is -0.949. The van der Waals surface area contributed by atoms with Gasteiger partial charge >= 0.3 is 0 Å². The standard InChI is InChI=1S/C31H33NO4/c1-6-18-36-25-9-7-8-24(19-25)32-27(21-14-16-23(17-15-21)31(3,4)5)26(29(34)30(32)35)28(33)22-12-10-20(2)11-13-22/h7-17,19,27,33H,6,18H2,1-5H3/b28-26+. The molecule has 0 saturated carbocycles. The maximum Gasteiger partial charge on any atom is 0.300 e.